The van der Waals surface area contributed by atoms with Gasteiger partial charge in [-0.3, -0.25) is 0 Å². The number of benzene rings is 1. The molecule has 0 aromatic heterocycles. The first-order valence-corrected chi connectivity index (χ1v) is 6.81. The molecular formula is C16H24O. The van der Waals surface area contributed by atoms with Gasteiger partial charge in [-0.05, 0) is 54.4 Å². The van der Waals surface area contributed by atoms with Gasteiger partial charge in [0.2, 0.25) is 0 Å². The van der Waals surface area contributed by atoms with Crippen molar-refractivity contribution in [3.05, 3.63) is 29.3 Å². The van der Waals surface area contributed by atoms with Gasteiger partial charge in [0.05, 0.1) is 0 Å². The van der Waals surface area contributed by atoms with E-state index in [-0.39, 0.29) is 5.41 Å². The topological polar surface area (TPSA) is 20.2 Å². The fourth-order valence-corrected chi connectivity index (χ4v) is 3.79. The molecule has 1 aliphatic rings. The first-order valence-electron chi connectivity index (χ1n) is 6.81. The number of hydrogen-bond donors (Lipinski definition) is 1. The Morgan fingerprint density at radius 1 is 1.12 bits per heavy atom. The molecule has 2 rings (SSSR count). The third-order valence-corrected chi connectivity index (χ3v) is 4.69. The van der Waals surface area contributed by atoms with Crippen LogP contribution in [0, 0.1) is 11.8 Å². The van der Waals surface area contributed by atoms with E-state index < -0.39 is 0 Å². The molecule has 0 atom stereocenters. The Morgan fingerprint density at radius 2 is 1.76 bits per heavy atom. The summed E-state index contributed by atoms with van der Waals surface area (Å²) in [6, 6.07) is 5.95. The maximum absolute atomic E-state index is 9.78. The van der Waals surface area contributed by atoms with Gasteiger partial charge in [0.1, 0.15) is 5.75 Å². The summed E-state index contributed by atoms with van der Waals surface area (Å²) in [6.07, 6.45) is 3.68. The van der Waals surface area contributed by atoms with E-state index in [1.165, 1.54) is 24.0 Å². The Hall–Kier alpha value is -0.980. The zero-order valence-corrected chi connectivity index (χ0v) is 11.5. The summed E-state index contributed by atoms with van der Waals surface area (Å²) < 4.78 is 0. The number of rotatable bonds is 2. The number of aromatic hydroxyl groups is 1. The van der Waals surface area contributed by atoms with Crippen molar-refractivity contribution in [1.82, 2.24) is 0 Å². The van der Waals surface area contributed by atoms with Crippen LogP contribution in [0.2, 0.25) is 0 Å². The molecule has 17 heavy (non-hydrogen) atoms. The average Bonchev–Trinajstić information content (AvgIpc) is 2.27. The molecule has 0 saturated carbocycles. The highest BCUT2D eigenvalue weighted by molar-refractivity contribution is 5.42. The molecule has 1 aromatic rings. The fraction of sp³-hybridized carbons (Fsp3) is 0.625. The molecule has 0 spiro atoms. The van der Waals surface area contributed by atoms with Crippen molar-refractivity contribution in [3.63, 3.8) is 0 Å². The van der Waals surface area contributed by atoms with Gasteiger partial charge in [0.15, 0.2) is 0 Å². The van der Waals surface area contributed by atoms with E-state index in [2.05, 4.69) is 33.8 Å². The molecule has 0 radical (unpaired) electrons. The van der Waals surface area contributed by atoms with Gasteiger partial charge in [-0.25, -0.2) is 0 Å². The normalized spacial score (nSPS) is 18.5. The molecule has 1 aliphatic carbocycles. The first kappa shape index (κ1) is 12.5. The van der Waals surface area contributed by atoms with E-state index in [9.17, 15) is 5.11 Å². The highest BCUT2D eigenvalue weighted by Gasteiger charge is 2.41. The van der Waals surface area contributed by atoms with Gasteiger partial charge in [0, 0.05) is 5.41 Å². The summed E-state index contributed by atoms with van der Waals surface area (Å²) in [7, 11) is 0. The Labute approximate surface area is 105 Å². The maximum Gasteiger partial charge on any atom is 0.115 e. The lowest BCUT2D eigenvalue weighted by atomic mass is 9.58. The summed E-state index contributed by atoms with van der Waals surface area (Å²) in [5, 5.41) is 9.78. The third-order valence-electron chi connectivity index (χ3n) is 4.69. The van der Waals surface area contributed by atoms with E-state index in [0.717, 1.165) is 6.42 Å². The quantitative estimate of drug-likeness (QED) is 0.807. The minimum absolute atomic E-state index is 0.242. The molecule has 0 fully saturated rings. The number of phenolic OH excluding ortho intramolecular Hbond substituents is 1. The largest absolute Gasteiger partial charge is 0.508 e. The van der Waals surface area contributed by atoms with E-state index in [1.807, 2.05) is 12.1 Å². The van der Waals surface area contributed by atoms with E-state index in [0.29, 0.717) is 17.6 Å². The van der Waals surface area contributed by atoms with Crippen LogP contribution in [0.5, 0.6) is 5.75 Å². The smallest absolute Gasteiger partial charge is 0.115 e. The molecule has 1 aromatic carbocycles. The number of fused-ring (bicyclic) bond motifs is 1. The molecular weight excluding hydrogens is 208 g/mol. The van der Waals surface area contributed by atoms with Crippen molar-refractivity contribution >= 4 is 0 Å². The second-order valence-corrected chi connectivity index (χ2v) is 6.04. The summed E-state index contributed by atoms with van der Waals surface area (Å²) in [5.74, 6) is 1.64. The molecule has 0 saturated heterocycles. The minimum Gasteiger partial charge on any atom is -0.508 e. The lowest BCUT2D eigenvalue weighted by Crippen LogP contribution is -2.41. The Balaban J connectivity index is 2.61. The summed E-state index contributed by atoms with van der Waals surface area (Å²) in [5.41, 5.74) is 3.08. The molecule has 0 unspecified atom stereocenters. The van der Waals surface area contributed by atoms with Gasteiger partial charge >= 0.3 is 0 Å². The van der Waals surface area contributed by atoms with Crippen LogP contribution >= 0.6 is 0 Å². The van der Waals surface area contributed by atoms with Gasteiger partial charge in [-0.15, -0.1) is 0 Å². The Morgan fingerprint density at radius 3 is 2.35 bits per heavy atom. The van der Waals surface area contributed by atoms with Crippen molar-refractivity contribution in [2.24, 2.45) is 11.8 Å². The number of hydrogen-bond acceptors (Lipinski definition) is 1. The zero-order chi connectivity index (χ0) is 12.6. The second kappa shape index (κ2) is 4.36. The maximum atomic E-state index is 9.78. The molecule has 1 heteroatoms. The first-order chi connectivity index (χ1) is 7.98. The van der Waals surface area contributed by atoms with Crippen molar-refractivity contribution in [2.45, 2.75) is 52.4 Å². The van der Waals surface area contributed by atoms with Gasteiger partial charge in [-0.2, -0.15) is 0 Å². The molecule has 0 heterocycles. The Bertz CT molecular complexity index is 396. The zero-order valence-electron chi connectivity index (χ0n) is 11.5. The summed E-state index contributed by atoms with van der Waals surface area (Å²) in [4.78, 5) is 0. The molecule has 1 nitrogen and oxygen atoms in total. The van der Waals surface area contributed by atoms with Crippen LogP contribution in [0.4, 0.5) is 0 Å². The second-order valence-electron chi connectivity index (χ2n) is 6.04. The molecule has 1 N–H and O–H groups in total. The monoisotopic (exact) mass is 232 g/mol. The molecule has 0 aliphatic heterocycles. The fourth-order valence-electron chi connectivity index (χ4n) is 3.79. The van der Waals surface area contributed by atoms with Gasteiger partial charge in [-0.1, -0.05) is 33.8 Å². The van der Waals surface area contributed by atoms with Gasteiger partial charge < -0.3 is 5.11 Å². The van der Waals surface area contributed by atoms with Crippen LogP contribution < -0.4 is 0 Å². The predicted octanol–water partition coefficient (Wildman–Crippen LogP) is 4.28. The van der Waals surface area contributed by atoms with E-state index in [4.69, 9.17) is 0 Å². The SMILES string of the molecule is CC(C)C1(C(C)C)CCCc2ccc(O)cc21. The van der Waals surface area contributed by atoms with Crippen LogP contribution in [0.25, 0.3) is 0 Å². The standard InChI is InChI=1S/C16H24O/c1-11(2)16(12(3)4)9-5-6-13-7-8-14(17)10-15(13)16/h7-8,10-12,17H,5-6,9H2,1-4H3. The van der Waals surface area contributed by atoms with Crippen molar-refractivity contribution in [2.75, 3.05) is 0 Å². The minimum atomic E-state index is 0.242. The van der Waals surface area contributed by atoms with Crippen LogP contribution in [0.1, 0.15) is 51.7 Å². The van der Waals surface area contributed by atoms with Gasteiger partial charge in [0.25, 0.3) is 0 Å². The Kier molecular flexibility index (Phi) is 3.20. The van der Waals surface area contributed by atoms with Crippen LogP contribution in [0.15, 0.2) is 18.2 Å². The summed E-state index contributed by atoms with van der Waals surface area (Å²) in [6.45, 7) is 9.27. The van der Waals surface area contributed by atoms with Crippen molar-refractivity contribution in [3.8, 4) is 5.75 Å². The van der Waals surface area contributed by atoms with Crippen molar-refractivity contribution in [1.29, 1.82) is 0 Å². The number of phenols is 1. The molecule has 0 bridgehead atoms. The third kappa shape index (κ3) is 1.86. The average molecular weight is 232 g/mol. The van der Waals surface area contributed by atoms with E-state index >= 15 is 0 Å². The van der Waals surface area contributed by atoms with Crippen LogP contribution in [0.3, 0.4) is 0 Å². The lowest BCUT2D eigenvalue weighted by Gasteiger charge is -2.46. The highest BCUT2D eigenvalue weighted by Crippen LogP contribution is 2.48. The molecule has 0 amide bonds. The number of aryl methyl sites for hydroxylation is 1. The molecule has 94 valence electrons. The van der Waals surface area contributed by atoms with Crippen LogP contribution in [-0.4, -0.2) is 5.11 Å². The lowest BCUT2D eigenvalue weighted by molar-refractivity contribution is 0.185. The van der Waals surface area contributed by atoms with E-state index in [1.54, 1.807) is 0 Å². The highest BCUT2D eigenvalue weighted by atomic mass is 16.3. The van der Waals surface area contributed by atoms with Crippen molar-refractivity contribution < 1.29 is 5.11 Å². The van der Waals surface area contributed by atoms with Crippen LogP contribution in [-0.2, 0) is 11.8 Å². The summed E-state index contributed by atoms with van der Waals surface area (Å²) >= 11 is 0. The predicted molar refractivity (Wildman–Crippen MR) is 72.4 cm³/mol.